The zero-order valence-electron chi connectivity index (χ0n) is 12.2. The molecule has 0 saturated carbocycles. The molecule has 0 bridgehead atoms. The molecule has 1 aromatic heterocycles. The standard InChI is InChI=1S/C16H21NO2S/c1-17-9-8-13(16-5-4-10-20-16)12-6-7-14(18-2)15(11-12)19-3/h4-7,10-11,13,17H,8-9H2,1-3H3. The maximum atomic E-state index is 5.41. The van der Waals surface area contributed by atoms with Crippen LogP contribution in [0.2, 0.25) is 0 Å². The van der Waals surface area contributed by atoms with E-state index in [1.807, 2.05) is 13.1 Å². The average molecular weight is 291 g/mol. The highest BCUT2D eigenvalue weighted by Gasteiger charge is 2.17. The Morgan fingerprint density at radius 3 is 2.55 bits per heavy atom. The number of nitrogens with one attached hydrogen (secondary N) is 1. The van der Waals surface area contributed by atoms with E-state index >= 15 is 0 Å². The Labute approximate surface area is 124 Å². The molecule has 0 saturated heterocycles. The fourth-order valence-corrected chi connectivity index (χ4v) is 3.21. The molecule has 0 amide bonds. The fourth-order valence-electron chi connectivity index (χ4n) is 2.32. The Morgan fingerprint density at radius 1 is 1.15 bits per heavy atom. The number of thiophene rings is 1. The van der Waals surface area contributed by atoms with Crippen molar-refractivity contribution in [2.24, 2.45) is 0 Å². The summed E-state index contributed by atoms with van der Waals surface area (Å²) in [5.74, 6) is 1.95. The van der Waals surface area contributed by atoms with Crippen molar-refractivity contribution in [3.63, 3.8) is 0 Å². The van der Waals surface area contributed by atoms with Crippen LogP contribution >= 0.6 is 11.3 Å². The second kappa shape index (κ2) is 7.31. The number of ether oxygens (including phenoxy) is 2. The van der Waals surface area contributed by atoms with Crippen molar-refractivity contribution >= 4 is 11.3 Å². The molecule has 0 aliphatic heterocycles. The fraction of sp³-hybridized carbons (Fsp3) is 0.375. The molecule has 0 spiro atoms. The summed E-state index contributed by atoms with van der Waals surface area (Å²) in [5.41, 5.74) is 1.26. The second-order valence-corrected chi connectivity index (χ2v) is 5.55. The van der Waals surface area contributed by atoms with Gasteiger partial charge in [0.25, 0.3) is 0 Å². The number of hydrogen-bond donors (Lipinski definition) is 1. The van der Waals surface area contributed by atoms with Crippen LogP contribution in [0.15, 0.2) is 35.7 Å². The van der Waals surface area contributed by atoms with Crippen molar-refractivity contribution in [3.8, 4) is 11.5 Å². The second-order valence-electron chi connectivity index (χ2n) is 4.57. The van der Waals surface area contributed by atoms with Gasteiger partial charge in [-0.2, -0.15) is 0 Å². The van der Waals surface area contributed by atoms with Crippen LogP contribution in [0.25, 0.3) is 0 Å². The lowest BCUT2D eigenvalue weighted by Crippen LogP contribution is -2.12. The minimum Gasteiger partial charge on any atom is -0.493 e. The molecule has 1 N–H and O–H groups in total. The van der Waals surface area contributed by atoms with Gasteiger partial charge in [-0.3, -0.25) is 0 Å². The molecule has 1 aromatic carbocycles. The number of methoxy groups -OCH3 is 2. The van der Waals surface area contributed by atoms with Gasteiger partial charge in [0.1, 0.15) is 0 Å². The normalized spacial score (nSPS) is 12.2. The summed E-state index contributed by atoms with van der Waals surface area (Å²) in [6.45, 7) is 0.983. The molecule has 1 unspecified atom stereocenters. The number of hydrogen-bond acceptors (Lipinski definition) is 4. The Balaban J connectivity index is 2.33. The van der Waals surface area contributed by atoms with E-state index in [0.29, 0.717) is 5.92 Å². The first-order chi connectivity index (χ1) is 9.80. The number of rotatable bonds is 7. The Morgan fingerprint density at radius 2 is 1.95 bits per heavy atom. The van der Waals surface area contributed by atoms with Gasteiger partial charge in [-0.05, 0) is 49.2 Å². The summed E-state index contributed by atoms with van der Waals surface area (Å²) in [6.07, 6.45) is 1.06. The predicted octanol–water partition coefficient (Wildman–Crippen LogP) is 3.51. The van der Waals surface area contributed by atoms with Crippen LogP contribution in [0.5, 0.6) is 11.5 Å². The molecule has 0 fully saturated rings. The van der Waals surface area contributed by atoms with Crippen LogP contribution in [0.4, 0.5) is 0 Å². The van der Waals surface area contributed by atoms with Gasteiger partial charge in [-0.1, -0.05) is 12.1 Å². The molecule has 1 atom stereocenters. The Hall–Kier alpha value is -1.52. The van der Waals surface area contributed by atoms with Crippen LogP contribution in [-0.2, 0) is 0 Å². The summed E-state index contributed by atoms with van der Waals surface area (Å²) in [7, 11) is 5.32. The minimum atomic E-state index is 0.391. The van der Waals surface area contributed by atoms with E-state index in [2.05, 4.69) is 35.0 Å². The van der Waals surface area contributed by atoms with Gasteiger partial charge in [0.05, 0.1) is 14.2 Å². The molecule has 20 heavy (non-hydrogen) atoms. The first-order valence-corrected chi connectivity index (χ1v) is 7.58. The van der Waals surface area contributed by atoms with Crippen molar-refractivity contribution in [2.45, 2.75) is 12.3 Å². The summed E-state index contributed by atoms with van der Waals surface area (Å²) in [5, 5.41) is 5.36. The van der Waals surface area contributed by atoms with Gasteiger partial charge in [0.2, 0.25) is 0 Å². The molecule has 108 valence electrons. The van der Waals surface area contributed by atoms with Crippen LogP contribution in [0.1, 0.15) is 22.8 Å². The molecule has 2 aromatic rings. The molecule has 0 radical (unpaired) electrons. The van der Waals surface area contributed by atoms with Crippen molar-refractivity contribution in [1.29, 1.82) is 0 Å². The molecular formula is C16H21NO2S. The van der Waals surface area contributed by atoms with E-state index in [9.17, 15) is 0 Å². The lowest BCUT2D eigenvalue weighted by atomic mass is 9.93. The third kappa shape index (κ3) is 3.32. The molecule has 3 nitrogen and oxygen atoms in total. The van der Waals surface area contributed by atoms with Gasteiger partial charge in [0.15, 0.2) is 11.5 Å². The molecule has 0 aliphatic carbocycles. The summed E-state index contributed by atoms with van der Waals surface area (Å²) in [4.78, 5) is 1.38. The maximum Gasteiger partial charge on any atom is 0.161 e. The topological polar surface area (TPSA) is 30.5 Å². The zero-order valence-corrected chi connectivity index (χ0v) is 13.0. The Kier molecular flexibility index (Phi) is 5.44. The molecule has 0 aliphatic rings. The van der Waals surface area contributed by atoms with Crippen molar-refractivity contribution in [1.82, 2.24) is 5.32 Å². The van der Waals surface area contributed by atoms with E-state index in [0.717, 1.165) is 24.5 Å². The third-order valence-corrected chi connectivity index (χ3v) is 4.37. The van der Waals surface area contributed by atoms with Crippen LogP contribution in [-0.4, -0.2) is 27.8 Å². The highest BCUT2D eigenvalue weighted by atomic mass is 32.1. The van der Waals surface area contributed by atoms with Gasteiger partial charge < -0.3 is 14.8 Å². The quantitative estimate of drug-likeness (QED) is 0.847. The van der Waals surface area contributed by atoms with E-state index in [4.69, 9.17) is 9.47 Å². The van der Waals surface area contributed by atoms with E-state index < -0.39 is 0 Å². The maximum absolute atomic E-state index is 5.41. The molecule has 4 heteroatoms. The van der Waals surface area contributed by atoms with E-state index in [1.165, 1.54) is 10.4 Å². The first-order valence-electron chi connectivity index (χ1n) is 6.70. The molecule has 2 rings (SSSR count). The highest BCUT2D eigenvalue weighted by molar-refractivity contribution is 7.10. The minimum absolute atomic E-state index is 0.391. The van der Waals surface area contributed by atoms with Crippen LogP contribution in [0.3, 0.4) is 0 Å². The smallest absolute Gasteiger partial charge is 0.161 e. The summed E-state index contributed by atoms with van der Waals surface area (Å²) in [6, 6.07) is 10.5. The SMILES string of the molecule is CNCCC(c1ccc(OC)c(OC)c1)c1cccs1. The van der Waals surface area contributed by atoms with Crippen molar-refractivity contribution < 1.29 is 9.47 Å². The van der Waals surface area contributed by atoms with E-state index in [1.54, 1.807) is 25.6 Å². The molecule has 1 heterocycles. The van der Waals surface area contributed by atoms with Crippen molar-refractivity contribution in [3.05, 3.63) is 46.2 Å². The largest absolute Gasteiger partial charge is 0.493 e. The monoisotopic (exact) mass is 291 g/mol. The summed E-state index contributed by atoms with van der Waals surface area (Å²) < 4.78 is 10.7. The van der Waals surface area contributed by atoms with Crippen molar-refractivity contribution in [2.75, 3.05) is 27.8 Å². The Bertz CT molecular complexity index is 525. The van der Waals surface area contributed by atoms with Gasteiger partial charge in [0, 0.05) is 10.8 Å². The third-order valence-electron chi connectivity index (χ3n) is 3.38. The average Bonchev–Trinajstić information content (AvgIpc) is 3.01. The van der Waals surface area contributed by atoms with Gasteiger partial charge in [-0.25, -0.2) is 0 Å². The predicted molar refractivity (Wildman–Crippen MR) is 84.3 cm³/mol. The lowest BCUT2D eigenvalue weighted by molar-refractivity contribution is 0.354. The number of benzene rings is 1. The van der Waals surface area contributed by atoms with Crippen LogP contribution < -0.4 is 14.8 Å². The molecular weight excluding hydrogens is 270 g/mol. The van der Waals surface area contributed by atoms with Crippen LogP contribution in [0, 0.1) is 0 Å². The zero-order chi connectivity index (χ0) is 14.4. The highest BCUT2D eigenvalue weighted by Crippen LogP contribution is 2.36. The van der Waals surface area contributed by atoms with Gasteiger partial charge >= 0.3 is 0 Å². The first kappa shape index (κ1) is 14.9. The van der Waals surface area contributed by atoms with E-state index in [-0.39, 0.29) is 0 Å². The van der Waals surface area contributed by atoms with Gasteiger partial charge in [-0.15, -0.1) is 11.3 Å². The summed E-state index contributed by atoms with van der Waals surface area (Å²) >= 11 is 1.80. The lowest BCUT2D eigenvalue weighted by Gasteiger charge is -2.18.